The fourth-order valence-electron chi connectivity index (χ4n) is 3.32. The van der Waals surface area contributed by atoms with Crippen molar-refractivity contribution in [2.75, 3.05) is 24.5 Å². The van der Waals surface area contributed by atoms with Crippen LogP contribution in [0.25, 0.3) is 0 Å². The van der Waals surface area contributed by atoms with Crippen LogP contribution in [0.2, 0.25) is 0 Å². The second-order valence-electron chi connectivity index (χ2n) is 6.61. The average Bonchev–Trinajstić information content (AvgIpc) is 3.09. The normalized spacial score (nSPS) is 17.3. The fraction of sp³-hybridized carbons (Fsp3) is 0.333. The first-order valence-corrected chi connectivity index (χ1v) is 10.0. The molecule has 0 radical (unpaired) electrons. The van der Waals surface area contributed by atoms with Crippen LogP contribution in [0.3, 0.4) is 0 Å². The molecule has 27 heavy (non-hydrogen) atoms. The molecule has 1 fully saturated rings. The van der Waals surface area contributed by atoms with E-state index in [0.717, 1.165) is 18.7 Å². The zero-order chi connectivity index (χ0) is 19.6. The predicted octanol–water partition coefficient (Wildman–Crippen LogP) is 2.85. The Morgan fingerprint density at radius 2 is 1.96 bits per heavy atom. The highest BCUT2D eigenvalue weighted by Crippen LogP contribution is 2.28. The third-order valence-corrected chi connectivity index (χ3v) is 6.31. The summed E-state index contributed by atoms with van der Waals surface area (Å²) >= 11 is 0. The van der Waals surface area contributed by atoms with Crippen LogP contribution < -0.4 is 9.62 Å². The summed E-state index contributed by atoms with van der Waals surface area (Å²) in [6, 6.07) is 10.4. The number of sulfonamides is 1. The minimum Gasteiger partial charge on any atom is -0.371 e. The van der Waals surface area contributed by atoms with Crippen molar-refractivity contribution in [3.8, 4) is 0 Å². The summed E-state index contributed by atoms with van der Waals surface area (Å²) in [7, 11) is -4.00. The van der Waals surface area contributed by atoms with Gasteiger partial charge >= 0.3 is 0 Å². The van der Waals surface area contributed by atoms with Gasteiger partial charge in [0, 0.05) is 31.4 Å². The molecule has 9 heteroatoms. The Kier molecular flexibility index (Phi) is 5.43. The number of aryl methyl sites for hydroxylation is 1. The molecule has 0 aliphatic carbocycles. The molecular weight excluding hydrogens is 373 g/mol. The highest BCUT2D eigenvalue weighted by molar-refractivity contribution is 7.89. The number of nitro benzene ring substituents is 1. The second kappa shape index (κ2) is 7.61. The Morgan fingerprint density at radius 3 is 2.63 bits per heavy atom. The topological polar surface area (TPSA) is 92.5 Å². The Balaban J connectivity index is 1.69. The van der Waals surface area contributed by atoms with E-state index in [4.69, 9.17) is 0 Å². The van der Waals surface area contributed by atoms with Crippen LogP contribution in [0, 0.1) is 28.8 Å². The number of halogens is 1. The molecule has 0 aromatic heterocycles. The van der Waals surface area contributed by atoms with Gasteiger partial charge in [0.2, 0.25) is 10.0 Å². The fourth-order valence-corrected chi connectivity index (χ4v) is 4.83. The number of hydrogen-bond donors (Lipinski definition) is 1. The van der Waals surface area contributed by atoms with Crippen LogP contribution in [-0.2, 0) is 10.0 Å². The summed E-state index contributed by atoms with van der Waals surface area (Å²) in [4.78, 5) is 12.3. The van der Waals surface area contributed by atoms with Gasteiger partial charge in [-0.1, -0.05) is 12.1 Å². The summed E-state index contributed by atoms with van der Waals surface area (Å²) < 4.78 is 40.9. The van der Waals surface area contributed by atoms with Gasteiger partial charge < -0.3 is 4.90 Å². The van der Waals surface area contributed by atoms with E-state index in [1.54, 1.807) is 12.1 Å². The lowest BCUT2D eigenvalue weighted by molar-refractivity contribution is -0.387. The van der Waals surface area contributed by atoms with E-state index in [0.29, 0.717) is 12.1 Å². The predicted molar refractivity (Wildman–Crippen MR) is 99.7 cm³/mol. The van der Waals surface area contributed by atoms with Gasteiger partial charge in [0.1, 0.15) is 5.82 Å². The Hall–Kier alpha value is -2.52. The van der Waals surface area contributed by atoms with Gasteiger partial charge in [-0.25, -0.2) is 17.5 Å². The van der Waals surface area contributed by atoms with Crippen molar-refractivity contribution < 1.29 is 17.7 Å². The van der Waals surface area contributed by atoms with Crippen molar-refractivity contribution in [3.63, 3.8) is 0 Å². The highest BCUT2D eigenvalue weighted by atomic mass is 32.2. The Labute approximate surface area is 157 Å². The Bertz CT molecular complexity index is 948. The molecule has 1 heterocycles. The van der Waals surface area contributed by atoms with Gasteiger partial charge in [-0.15, -0.1) is 0 Å². The molecule has 1 atom stereocenters. The van der Waals surface area contributed by atoms with Crippen molar-refractivity contribution in [2.24, 2.45) is 5.92 Å². The van der Waals surface area contributed by atoms with Gasteiger partial charge in [0.25, 0.3) is 5.69 Å². The zero-order valence-electron chi connectivity index (χ0n) is 14.8. The van der Waals surface area contributed by atoms with Crippen molar-refractivity contribution >= 4 is 21.4 Å². The first kappa shape index (κ1) is 19.2. The SMILES string of the molecule is Cc1cccc([N+](=O)[O-])c1S(=O)(=O)NCC1CCN(c2ccc(F)cc2)C1. The second-order valence-corrected chi connectivity index (χ2v) is 8.31. The molecular formula is C18H20FN3O4S. The standard InChI is InChI=1S/C18H20FN3O4S/c1-13-3-2-4-17(22(23)24)18(13)27(25,26)20-11-14-9-10-21(12-14)16-7-5-15(19)6-8-16/h2-8,14,20H,9-12H2,1H3. The summed E-state index contributed by atoms with van der Waals surface area (Å²) in [6.45, 7) is 3.09. The molecule has 1 aliphatic heterocycles. The molecule has 144 valence electrons. The molecule has 1 saturated heterocycles. The van der Waals surface area contributed by atoms with E-state index < -0.39 is 20.6 Å². The summed E-state index contributed by atoms with van der Waals surface area (Å²) in [6.07, 6.45) is 0.774. The van der Waals surface area contributed by atoms with Crippen molar-refractivity contribution in [1.82, 2.24) is 4.72 Å². The maximum atomic E-state index is 13.0. The molecule has 3 rings (SSSR count). The first-order valence-electron chi connectivity index (χ1n) is 8.52. The average molecular weight is 393 g/mol. The maximum absolute atomic E-state index is 13.0. The van der Waals surface area contributed by atoms with E-state index in [2.05, 4.69) is 9.62 Å². The number of nitrogens with zero attached hydrogens (tertiary/aromatic N) is 2. The third-order valence-electron chi connectivity index (χ3n) is 4.70. The summed E-state index contributed by atoms with van der Waals surface area (Å²) in [5.41, 5.74) is 0.786. The molecule has 0 amide bonds. The number of benzene rings is 2. The smallest absolute Gasteiger partial charge is 0.289 e. The minimum atomic E-state index is -4.00. The van der Waals surface area contributed by atoms with Crippen LogP contribution in [0.4, 0.5) is 15.8 Å². The number of anilines is 1. The van der Waals surface area contributed by atoms with Gasteiger partial charge in [-0.3, -0.25) is 10.1 Å². The van der Waals surface area contributed by atoms with Gasteiger partial charge in [-0.2, -0.15) is 0 Å². The molecule has 1 aliphatic rings. The monoisotopic (exact) mass is 393 g/mol. The molecule has 0 bridgehead atoms. The summed E-state index contributed by atoms with van der Waals surface area (Å²) in [5, 5.41) is 11.2. The molecule has 2 aromatic carbocycles. The number of nitrogens with one attached hydrogen (secondary N) is 1. The molecule has 1 N–H and O–H groups in total. The lowest BCUT2D eigenvalue weighted by Gasteiger charge is -2.19. The van der Waals surface area contributed by atoms with Gasteiger partial charge in [0.15, 0.2) is 4.90 Å². The third kappa shape index (κ3) is 4.25. The minimum absolute atomic E-state index is 0.0629. The van der Waals surface area contributed by atoms with Crippen molar-refractivity contribution in [2.45, 2.75) is 18.2 Å². The van der Waals surface area contributed by atoms with Crippen LogP contribution in [0.1, 0.15) is 12.0 Å². The van der Waals surface area contributed by atoms with Crippen molar-refractivity contribution in [1.29, 1.82) is 0 Å². The van der Waals surface area contributed by atoms with Crippen molar-refractivity contribution in [3.05, 3.63) is 64.0 Å². The molecule has 2 aromatic rings. The van der Waals surface area contributed by atoms with E-state index >= 15 is 0 Å². The largest absolute Gasteiger partial charge is 0.371 e. The van der Waals surface area contributed by atoms with Gasteiger partial charge in [0.05, 0.1) is 4.92 Å². The summed E-state index contributed by atoms with van der Waals surface area (Å²) in [5.74, 6) is -0.241. The van der Waals surface area contributed by atoms with E-state index in [1.165, 1.54) is 37.3 Å². The lowest BCUT2D eigenvalue weighted by atomic mass is 10.1. The van der Waals surface area contributed by atoms with E-state index in [9.17, 15) is 22.9 Å². The first-order chi connectivity index (χ1) is 12.8. The van der Waals surface area contributed by atoms with Crippen LogP contribution in [0.5, 0.6) is 0 Å². The molecule has 0 spiro atoms. The van der Waals surface area contributed by atoms with Crippen LogP contribution >= 0.6 is 0 Å². The maximum Gasteiger partial charge on any atom is 0.289 e. The van der Waals surface area contributed by atoms with Gasteiger partial charge in [-0.05, 0) is 49.1 Å². The number of nitro groups is 1. The zero-order valence-corrected chi connectivity index (χ0v) is 15.6. The molecule has 7 nitrogen and oxygen atoms in total. The lowest BCUT2D eigenvalue weighted by Crippen LogP contribution is -2.31. The molecule has 0 saturated carbocycles. The van der Waals surface area contributed by atoms with E-state index in [-0.39, 0.29) is 23.2 Å². The Morgan fingerprint density at radius 1 is 1.26 bits per heavy atom. The van der Waals surface area contributed by atoms with E-state index in [1.807, 2.05) is 0 Å². The highest BCUT2D eigenvalue weighted by Gasteiger charge is 2.30. The number of hydrogen-bond acceptors (Lipinski definition) is 5. The van der Waals surface area contributed by atoms with Crippen LogP contribution in [0.15, 0.2) is 47.4 Å². The quantitative estimate of drug-likeness (QED) is 0.602. The number of rotatable bonds is 6. The molecule has 1 unspecified atom stereocenters. The van der Waals surface area contributed by atoms with Crippen LogP contribution in [-0.4, -0.2) is 33.0 Å².